The number of hydrogen-bond donors (Lipinski definition) is 0. The number of aliphatic imine (C=N–C) groups is 1. The van der Waals surface area contributed by atoms with Gasteiger partial charge in [-0.1, -0.05) is 32.9 Å². The largest absolute Gasteiger partial charge is 0.328 e. The van der Waals surface area contributed by atoms with Gasteiger partial charge < -0.3 is 4.90 Å². The zero-order valence-corrected chi connectivity index (χ0v) is 10.4. The van der Waals surface area contributed by atoms with E-state index in [2.05, 4.69) is 55.1 Å². The zero-order chi connectivity index (χ0) is 11.6. The van der Waals surface area contributed by atoms with E-state index >= 15 is 0 Å². The fourth-order valence-electron chi connectivity index (χ4n) is 2.07. The van der Waals surface area contributed by atoms with Crippen LogP contribution in [0.4, 0.5) is 0 Å². The predicted octanol–water partition coefficient (Wildman–Crippen LogP) is 3.49. The van der Waals surface area contributed by atoms with Crippen molar-refractivity contribution in [1.29, 1.82) is 0 Å². The van der Waals surface area contributed by atoms with Gasteiger partial charge in [0.05, 0.1) is 0 Å². The summed E-state index contributed by atoms with van der Waals surface area (Å²) in [5, 5.41) is 0. The molecule has 0 atom stereocenters. The normalized spacial score (nSPS) is 25.1. The number of nitrogens with zero attached hydrogens (tertiary/aromatic N) is 2. The van der Waals surface area contributed by atoms with Gasteiger partial charge in [0.1, 0.15) is 6.67 Å². The Morgan fingerprint density at radius 1 is 1.44 bits per heavy atom. The van der Waals surface area contributed by atoms with Crippen molar-refractivity contribution < 1.29 is 0 Å². The summed E-state index contributed by atoms with van der Waals surface area (Å²) in [7, 11) is 0. The third kappa shape index (κ3) is 2.26. The second-order valence-electron chi connectivity index (χ2n) is 5.01. The van der Waals surface area contributed by atoms with E-state index in [1.807, 2.05) is 6.21 Å². The average Bonchev–Trinajstić information content (AvgIpc) is 2.24. The Bertz CT molecular complexity index is 384. The summed E-state index contributed by atoms with van der Waals surface area (Å²) >= 11 is 0. The molecule has 2 aliphatic rings. The summed E-state index contributed by atoms with van der Waals surface area (Å²) in [6, 6.07) is 0. The van der Waals surface area contributed by atoms with Crippen LogP contribution in [0.5, 0.6) is 0 Å². The van der Waals surface area contributed by atoms with Gasteiger partial charge in [0.15, 0.2) is 0 Å². The topological polar surface area (TPSA) is 15.6 Å². The van der Waals surface area contributed by atoms with Gasteiger partial charge in [-0.2, -0.15) is 0 Å². The minimum atomic E-state index is 0.0686. The van der Waals surface area contributed by atoms with Crippen LogP contribution in [0, 0.1) is 5.41 Å². The van der Waals surface area contributed by atoms with Crippen molar-refractivity contribution in [2.45, 2.75) is 33.6 Å². The van der Waals surface area contributed by atoms with Gasteiger partial charge in [0, 0.05) is 23.5 Å². The minimum Gasteiger partial charge on any atom is -0.328 e. The quantitative estimate of drug-likeness (QED) is 0.655. The molecule has 2 aliphatic heterocycles. The molecule has 0 amide bonds. The number of fused-ring (bicyclic) bond motifs is 1. The van der Waals surface area contributed by atoms with Crippen molar-refractivity contribution in [3.63, 3.8) is 0 Å². The average molecular weight is 216 g/mol. The maximum absolute atomic E-state index is 4.50. The fourth-order valence-corrected chi connectivity index (χ4v) is 2.07. The van der Waals surface area contributed by atoms with Crippen LogP contribution in [0.25, 0.3) is 0 Å². The van der Waals surface area contributed by atoms with Crippen molar-refractivity contribution in [3.05, 3.63) is 35.7 Å². The third-order valence-corrected chi connectivity index (χ3v) is 3.08. The van der Waals surface area contributed by atoms with Gasteiger partial charge in [-0.3, -0.25) is 4.99 Å². The standard InChI is InChI=1S/C14H20N2/c1-4-12-6-5-9-16-11-15-10-14(2,3)8-7-13(12)16/h5,7-10H,4,6,11H2,1-3H3/b8-7-,15-10?. The summed E-state index contributed by atoms with van der Waals surface area (Å²) in [5.41, 5.74) is 2.92. The summed E-state index contributed by atoms with van der Waals surface area (Å²) in [6.07, 6.45) is 13.1. The molecule has 0 saturated heterocycles. The van der Waals surface area contributed by atoms with Crippen molar-refractivity contribution in [2.75, 3.05) is 6.67 Å². The molecule has 2 nitrogen and oxygen atoms in total. The van der Waals surface area contributed by atoms with Crippen LogP contribution in [-0.4, -0.2) is 17.8 Å². The molecular formula is C14H20N2. The van der Waals surface area contributed by atoms with Crippen LogP contribution in [0.3, 0.4) is 0 Å². The molecule has 0 aromatic carbocycles. The SMILES string of the molecule is CCC1=C2/C=C\C(C)(C)C=NCN2C=CC1. The molecule has 0 radical (unpaired) electrons. The first kappa shape index (κ1) is 11.2. The predicted molar refractivity (Wildman–Crippen MR) is 69.2 cm³/mol. The molecule has 2 heterocycles. The van der Waals surface area contributed by atoms with Crippen molar-refractivity contribution in [3.8, 4) is 0 Å². The van der Waals surface area contributed by atoms with Gasteiger partial charge in [-0.25, -0.2) is 0 Å². The van der Waals surface area contributed by atoms with E-state index in [9.17, 15) is 0 Å². The van der Waals surface area contributed by atoms with Crippen LogP contribution >= 0.6 is 0 Å². The van der Waals surface area contributed by atoms with Crippen LogP contribution in [0.2, 0.25) is 0 Å². The Kier molecular flexibility index (Phi) is 2.99. The molecule has 2 rings (SSSR count). The summed E-state index contributed by atoms with van der Waals surface area (Å²) in [5.74, 6) is 0. The Hall–Kier alpha value is -1.31. The lowest BCUT2D eigenvalue weighted by Crippen LogP contribution is -2.23. The first-order valence-electron chi connectivity index (χ1n) is 5.98. The van der Waals surface area contributed by atoms with Gasteiger partial charge >= 0.3 is 0 Å². The fraction of sp³-hybridized carbons (Fsp3) is 0.500. The summed E-state index contributed by atoms with van der Waals surface area (Å²) in [6.45, 7) is 7.34. The molecule has 0 bridgehead atoms. The summed E-state index contributed by atoms with van der Waals surface area (Å²) < 4.78 is 0. The lowest BCUT2D eigenvalue weighted by atomic mass is 9.92. The number of hydrogen-bond acceptors (Lipinski definition) is 2. The molecule has 0 unspecified atom stereocenters. The van der Waals surface area contributed by atoms with Gasteiger partial charge in [0.25, 0.3) is 0 Å². The molecule has 0 spiro atoms. The monoisotopic (exact) mass is 216 g/mol. The first-order chi connectivity index (χ1) is 7.62. The van der Waals surface area contributed by atoms with Crippen molar-refractivity contribution >= 4 is 6.21 Å². The van der Waals surface area contributed by atoms with E-state index in [1.165, 1.54) is 11.3 Å². The first-order valence-corrected chi connectivity index (χ1v) is 5.98. The van der Waals surface area contributed by atoms with E-state index in [0.717, 1.165) is 19.5 Å². The van der Waals surface area contributed by atoms with E-state index in [-0.39, 0.29) is 5.41 Å². The lowest BCUT2D eigenvalue weighted by molar-refractivity contribution is 0.469. The molecule has 0 fully saturated rings. The Labute approximate surface area is 98.1 Å². The van der Waals surface area contributed by atoms with E-state index in [1.54, 1.807) is 0 Å². The highest BCUT2D eigenvalue weighted by Crippen LogP contribution is 2.27. The highest BCUT2D eigenvalue weighted by Gasteiger charge is 2.17. The van der Waals surface area contributed by atoms with Gasteiger partial charge in [-0.05, 0) is 24.5 Å². The highest BCUT2D eigenvalue weighted by atomic mass is 15.2. The van der Waals surface area contributed by atoms with Crippen LogP contribution in [0.1, 0.15) is 33.6 Å². The van der Waals surface area contributed by atoms with Gasteiger partial charge in [0.2, 0.25) is 0 Å². The molecule has 0 saturated carbocycles. The molecule has 86 valence electrons. The van der Waals surface area contributed by atoms with E-state index < -0.39 is 0 Å². The Balaban J connectivity index is 2.36. The van der Waals surface area contributed by atoms with Crippen molar-refractivity contribution in [1.82, 2.24) is 4.90 Å². The molecule has 0 aromatic rings. The minimum absolute atomic E-state index is 0.0686. The molecule has 0 N–H and O–H groups in total. The summed E-state index contributed by atoms with van der Waals surface area (Å²) in [4.78, 5) is 6.73. The smallest absolute Gasteiger partial charge is 0.113 e. The van der Waals surface area contributed by atoms with Gasteiger partial charge in [-0.15, -0.1) is 0 Å². The number of rotatable bonds is 1. The molecule has 16 heavy (non-hydrogen) atoms. The maximum atomic E-state index is 4.50. The Morgan fingerprint density at radius 2 is 2.25 bits per heavy atom. The maximum Gasteiger partial charge on any atom is 0.113 e. The lowest BCUT2D eigenvalue weighted by Gasteiger charge is -2.29. The molecule has 0 aliphatic carbocycles. The third-order valence-electron chi connectivity index (χ3n) is 3.08. The molecular weight excluding hydrogens is 196 g/mol. The van der Waals surface area contributed by atoms with E-state index in [0.29, 0.717) is 0 Å². The van der Waals surface area contributed by atoms with Crippen LogP contribution < -0.4 is 0 Å². The Morgan fingerprint density at radius 3 is 3.00 bits per heavy atom. The number of allylic oxidation sites excluding steroid dienone is 4. The van der Waals surface area contributed by atoms with Crippen LogP contribution in [0.15, 0.2) is 40.7 Å². The van der Waals surface area contributed by atoms with E-state index in [4.69, 9.17) is 0 Å². The van der Waals surface area contributed by atoms with Crippen molar-refractivity contribution in [2.24, 2.45) is 10.4 Å². The van der Waals surface area contributed by atoms with Crippen LogP contribution in [-0.2, 0) is 0 Å². The second-order valence-corrected chi connectivity index (χ2v) is 5.01. The molecule has 0 aromatic heterocycles. The second kappa shape index (κ2) is 4.28. The highest BCUT2D eigenvalue weighted by molar-refractivity contribution is 5.68. The molecule has 2 heteroatoms. The zero-order valence-electron chi connectivity index (χ0n) is 10.4.